The second-order valence-electron chi connectivity index (χ2n) is 1.90. The van der Waals surface area contributed by atoms with Crippen LogP contribution in [0, 0.1) is 0 Å². The second kappa shape index (κ2) is 6.49. The van der Waals surface area contributed by atoms with Crippen molar-refractivity contribution >= 4 is 31.0 Å². The van der Waals surface area contributed by atoms with Crippen molar-refractivity contribution in [3.63, 3.8) is 0 Å². The molecule has 0 saturated carbocycles. The summed E-state index contributed by atoms with van der Waals surface area (Å²) in [6.07, 6.45) is 4.48. The third-order valence-corrected chi connectivity index (χ3v) is 2.25. The summed E-state index contributed by atoms with van der Waals surface area (Å²) in [7, 11) is 0. The molecule has 54 valence electrons. The molecule has 0 spiro atoms. The molecular weight excluding hydrogens is 200 g/mol. The Hall–Kier alpha value is 0.370. The first-order valence-electron chi connectivity index (χ1n) is 3.12. The maximum Gasteiger partial charge on any atom is 0.0996 e. The quantitative estimate of drug-likeness (QED) is 0.396. The fraction of sp³-hybridized carbons (Fsp3) is 0.833. The average molecular weight is 211 g/mol. The molecule has 0 fully saturated rings. The van der Waals surface area contributed by atoms with E-state index in [9.17, 15) is 4.21 Å². The van der Waals surface area contributed by atoms with Crippen molar-refractivity contribution in [1.82, 2.24) is 0 Å². The summed E-state index contributed by atoms with van der Waals surface area (Å²) in [5, 5.41) is 0. The highest BCUT2D eigenvalue weighted by Gasteiger charge is 1.90. The van der Waals surface area contributed by atoms with E-state index >= 15 is 0 Å². The van der Waals surface area contributed by atoms with E-state index in [1.54, 1.807) is 0 Å². The van der Waals surface area contributed by atoms with Crippen molar-refractivity contribution in [2.75, 3.05) is 0 Å². The van der Waals surface area contributed by atoms with Gasteiger partial charge in [-0.1, -0.05) is 19.8 Å². The van der Waals surface area contributed by atoms with Crippen molar-refractivity contribution in [3.05, 3.63) is 0 Å². The minimum absolute atomic E-state index is 0.559. The number of hydrogen-bond donors (Lipinski definition) is 0. The van der Waals surface area contributed by atoms with Crippen LogP contribution < -0.4 is 0 Å². The van der Waals surface area contributed by atoms with Crippen LogP contribution >= 0.6 is 15.9 Å². The zero-order valence-electron chi connectivity index (χ0n) is 5.52. The Kier molecular flexibility index (Phi) is 6.76. The first-order valence-corrected chi connectivity index (χ1v) is 4.66. The molecule has 0 saturated heterocycles. The molecule has 3 heteroatoms. The van der Waals surface area contributed by atoms with E-state index in [1.807, 2.05) is 0 Å². The summed E-state index contributed by atoms with van der Waals surface area (Å²) in [4.78, 5) is 0. The van der Waals surface area contributed by atoms with Crippen LogP contribution in [0.3, 0.4) is 0 Å². The SMILES string of the molecule is CCCCCC(Br)=S=O. The first-order chi connectivity index (χ1) is 4.31. The van der Waals surface area contributed by atoms with Crippen LogP contribution in [0.25, 0.3) is 0 Å². The highest BCUT2D eigenvalue weighted by Crippen LogP contribution is 2.02. The monoisotopic (exact) mass is 210 g/mol. The summed E-state index contributed by atoms with van der Waals surface area (Å²) >= 11 is 3.73. The molecule has 0 heterocycles. The maximum absolute atomic E-state index is 10.1. The molecule has 0 aliphatic rings. The largest absolute Gasteiger partial charge is 0.212 e. The molecule has 0 aliphatic heterocycles. The molecule has 0 bridgehead atoms. The molecule has 0 rings (SSSR count). The minimum atomic E-state index is 0.559. The summed E-state index contributed by atoms with van der Waals surface area (Å²) in [6.45, 7) is 2.15. The van der Waals surface area contributed by atoms with Crippen LogP contribution in [0.1, 0.15) is 32.6 Å². The zero-order valence-corrected chi connectivity index (χ0v) is 7.93. The van der Waals surface area contributed by atoms with Crippen LogP contribution in [0.4, 0.5) is 0 Å². The van der Waals surface area contributed by atoms with Gasteiger partial charge in [0.05, 0.1) is 15.0 Å². The number of unbranched alkanes of at least 4 members (excludes halogenated alkanes) is 2. The van der Waals surface area contributed by atoms with E-state index in [-0.39, 0.29) is 0 Å². The van der Waals surface area contributed by atoms with Gasteiger partial charge in [0.2, 0.25) is 0 Å². The molecule has 0 radical (unpaired) electrons. The summed E-state index contributed by atoms with van der Waals surface area (Å²) < 4.78 is 10.9. The molecule has 0 aromatic carbocycles. The van der Waals surface area contributed by atoms with Gasteiger partial charge in [0.25, 0.3) is 0 Å². The molecule has 0 amide bonds. The van der Waals surface area contributed by atoms with Gasteiger partial charge in [-0.15, -0.1) is 0 Å². The van der Waals surface area contributed by atoms with E-state index in [2.05, 4.69) is 22.9 Å². The van der Waals surface area contributed by atoms with Crippen LogP contribution in [0.2, 0.25) is 0 Å². The molecule has 0 N–H and O–H groups in total. The van der Waals surface area contributed by atoms with E-state index in [4.69, 9.17) is 0 Å². The van der Waals surface area contributed by atoms with Crippen molar-refractivity contribution < 1.29 is 4.21 Å². The Labute approximate surface area is 68.0 Å². The number of halogens is 1. The van der Waals surface area contributed by atoms with Crippen molar-refractivity contribution in [2.45, 2.75) is 32.6 Å². The van der Waals surface area contributed by atoms with Crippen molar-refractivity contribution in [3.8, 4) is 0 Å². The van der Waals surface area contributed by atoms with Gasteiger partial charge in [-0.3, -0.25) is 0 Å². The first kappa shape index (κ1) is 9.37. The van der Waals surface area contributed by atoms with E-state index < -0.39 is 0 Å². The predicted octanol–water partition coefficient (Wildman–Crippen LogP) is 2.30. The Bertz CT molecular complexity index is 118. The predicted molar refractivity (Wildman–Crippen MR) is 46.2 cm³/mol. The van der Waals surface area contributed by atoms with Gasteiger partial charge in [0.1, 0.15) is 0 Å². The average Bonchev–Trinajstić information content (AvgIpc) is 1.89. The molecule has 0 atom stereocenters. The Morgan fingerprint density at radius 2 is 2.22 bits per heavy atom. The van der Waals surface area contributed by atoms with Crippen molar-refractivity contribution in [2.24, 2.45) is 0 Å². The highest BCUT2D eigenvalue weighted by molar-refractivity contribution is 9.19. The van der Waals surface area contributed by atoms with E-state index in [0.29, 0.717) is 11.3 Å². The molecule has 9 heavy (non-hydrogen) atoms. The van der Waals surface area contributed by atoms with E-state index in [0.717, 1.165) is 16.6 Å². The summed E-state index contributed by atoms with van der Waals surface area (Å²) in [5.74, 6) is 0. The van der Waals surface area contributed by atoms with Gasteiger partial charge in [-0.25, -0.2) is 4.21 Å². The second-order valence-corrected chi connectivity index (χ2v) is 4.04. The highest BCUT2D eigenvalue weighted by atomic mass is 79.9. The van der Waals surface area contributed by atoms with Gasteiger partial charge in [0.15, 0.2) is 0 Å². The third kappa shape index (κ3) is 6.25. The van der Waals surface area contributed by atoms with Crippen LogP contribution in [-0.4, -0.2) is 7.98 Å². The Morgan fingerprint density at radius 3 is 2.67 bits per heavy atom. The van der Waals surface area contributed by atoms with Gasteiger partial charge in [0, 0.05) is 0 Å². The lowest BCUT2D eigenvalue weighted by Gasteiger charge is -1.91. The molecular formula is C6H11BrOS. The molecule has 0 aromatic rings. The lowest BCUT2D eigenvalue weighted by atomic mass is 10.2. The van der Waals surface area contributed by atoms with Gasteiger partial charge >= 0.3 is 0 Å². The van der Waals surface area contributed by atoms with Crippen LogP contribution in [0.5, 0.6) is 0 Å². The standard InChI is InChI=1S/C6H11BrOS/c1-2-3-4-5-6(7)9-8/h2-5H2,1H3. The zero-order chi connectivity index (χ0) is 7.11. The van der Waals surface area contributed by atoms with Crippen LogP contribution in [-0.2, 0) is 11.3 Å². The fourth-order valence-electron chi connectivity index (χ4n) is 0.556. The molecule has 1 nitrogen and oxygen atoms in total. The molecule has 0 aromatic heterocycles. The number of hydrogen-bond acceptors (Lipinski definition) is 1. The van der Waals surface area contributed by atoms with Crippen LogP contribution in [0.15, 0.2) is 0 Å². The topological polar surface area (TPSA) is 17.1 Å². The lowest BCUT2D eigenvalue weighted by Crippen LogP contribution is -1.84. The van der Waals surface area contributed by atoms with Gasteiger partial charge in [-0.05, 0) is 28.8 Å². The number of rotatable bonds is 4. The summed E-state index contributed by atoms with van der Waals surface area (Å²) in [6, 6.07) is 0. The van der Waals surface area contributed by atoms with E-state index in [1.165, 1.54) is 12.8 Å². The maximum atomic E-state index is 10.1. The molecule has 0 aliphatic carbocycles. The summed E-state index contributed by atoms with van der Waals surface area (Å²) in [5.41, 5.74) is 0. The normalized spacial score (nSPS) is 9.11. The fourth-order valence-corrected chi connectivity index (χ4v) is 1.06. The smallest absolute Gasteiger partial charge is 0.0996 e. The van der Waals surface area contributed by atoms with Crippen molar-refractivity contribution in [1.29, 1.82) is 0 Å². The lowest BCUT2D eigenvalue weighted by molar-refractivity contribution is 0.700. The Morgan fingerprint density at radius 1 is 1.56 bits per heavy atom. The Balaban J connectivity index is 3.17. The minimum Gasteiger partial charge on any atom is -0.212 e. The molecule has 0 unspecified atom stereocenters. The van der Waals surface area contributed by atoms with Gasteiger partial charge < -0.3 is 0 Å². The third-order valence-electron chi connectivity index (χ3n) is 1.07. The van der Waals surface area contributed by atoms with Gasteiger partial charge in [-0.2, -0.15) is 0 Å².